The molecule has 0 aliphatic heterocycles. The van der Waals surface area contributed by atoms with E-state index in [4.69, 9.17) is 0 Å². The van der Waals surface area contributed by atoms with Crippen LogP contribution in [-0.2, 0) is 4.79 Å². The van der Waals surface area contributed by atoms with Crippen LogP contribution in [0.2, 0.25) is 0 Å². The number of benzene rings is 1. The van der Waals surface area contributed by atoms with Crippen molar-refractivity contribution >= 4 is 33.7 Å². The number of nitrogens with zero attached hydrogens (tertiary/aromatic N) is 2. The number of halogens is 2. The van der Waals surface area contributed by atoms with E-state index in [1.807, 2.05) is 0 Å². The van der Waals surface area contributed by atoms with Gasteiger partial charge in [-0.05, 0) is 24.3 Å². The van der Waals surface area contributed by atoms with Crippen molar-refractivity contribution in [1.82, 2.24) is 15.3 Å². The van der Waals surface area contributed by atoms with E-state index in [9.17, 15) is 14.0 Å². The Hall–Kier alpha value is -2.35. The number of aromatic nitrogens is 2. The summed E-state index contributed by atoms with van der Waals surface area (Å²) < 4.78 is 13.4. The first-order chi connectivity index (χ1) is 10.0. The molecule has 2 amide bonds. The summed E-state index contributed by atoms with van der Waals surface area (Å²) in [6.45, 7) is -0.240. The molecular weight excluding hydrogens is 343 g/mol. The van der Waals surface area contributed by atoms with E-state index in [2.05, 4.69) is 36.5 Å². The fraction of sp³-hybridized carbons (Fsp3) is 0.0769. The Labute approximate surface area is 127 Å². The van der Waals surface area contributed by atoms with Gasteiger partial charge >= 0.3 is 0 Å². The smallest absolute Gasteiger partial charge is 0.251 e. The largest absolute Gasteiger partial charge is 0.343 e. The van der Waals surface area contributed by atoms with Crippen LogP contribution in [0.15, 0.2) is 41.1 Å². The SMILES string of the molecule is O=C(CNC(=O)c1ccc(Br)cc1)Nc1ncc(F)cn1. The molecule has 21 heavy (non-hydrogen) atoms. The summed E-state index contributed by atoms with van der Waals surface area (Å²) in [5, 5.41) is 4.79. The van der Waals surface area contributed by atoms with Gasteiger partial charge < -0.3 is 5.32 Å². The standard InChI is InChI=1S/C13H10BrFN4O2/c14-9-3-1-8(2-4-9)12(21)16-7-11(20)19-13-17-5-10(15)6-18-13/h1-6H,7H2,(H,16,21)(H,17,18,19,20). The Morgan fingerprint density at radius 1 is 1.14 bits per heavy atom. The molecule has 0 bridgehead atoms. The van der Waals surface area contributed by atoms with Crippen LogP contribution in [0.3, 0.4) is 0 Å². The molecular formula is C13H10BrFN4O2. The molecule has 8 heteroatoms. The molecule has 0 atom stereocenters. The van der Waals surface area contributed by atoms with Gasteiger partial charge in [0.1, 0.15) is 0 Å². The minimum absolute atomic E-state index is 0.0284. The second kappa shape index (κ2) is 6.89. The van der Waals surface area contributed by atoms with E-state index < -0.39 is 11.7 Å². The predicted octanol–water partition coefficient (Wildman–Crippen LogP) is 1.75. The highest BCUT2D eigenvalue weighted by atomic mass is 79.9. The van der Waals surface area contributed by atoms with Gasteiger partial charge in [0.25, 0.3) is 5.91 Å². The highest BCUT2D eigenvalue weighted by molar-refractivity contribution is 9.10. The minimum atomic E-state index is -0.600. The zero-order chi connectivity index (χ0) is 15.2. The molecule has 0 aliphatic carbocycles. The topological polar surface area (TPSA) is 84.0 Å². The van der Waals surface area contributed by atoms with Crippen LogP contribution in [0.4, 0.5) is 10.3 Å². The Morgan fingerprint density at radius 3 is 2.38 bits per heavy atom. The number of carbonyl (C=O) groups is 2. The molecule has 0 unspecified atom stereocenters. The van der Waals surface area contributed by atoms with Crippen molar-refractivity contribution in [2.24, 2.45) is 0 Å². The minimum Gasteiger partial charge on any atom is -0.343 e. The van der Waals surface area contributed by atoms with E-state index in [0.717, 1.165) is 16.9 Å². The number of hydrogen-bond donors (Lipinski definition) is 2. The Bertz CT molecular complexity index is 646. The van der Waals surface area contributed by atoms with Crippen LogP contribution >= 0.6 is 15.9 Å². The lowest BCUT2D eigenvalue weighted by atomic mass is 10.2. The van der Waals surface area contributed by atoms with Gasteiger partial charge in [0.05, 0.1) is 18.9 Å². The molecule has 0 saturated heterocycles. The first-order valence-electron chi connectivity index (χ1n) is 5.86. The van der Waals surface area contributed by atoms with Crippen molar-refractivity contribution < 1.29 is 14.0 Å². The van der Waals surface area contributed by atoms with Crippen LogP contribution in [0.25, 0.3) is 0 Å². The summed E-state index contributed by atoms with van der Waals surface area (Å²) in [7, 11) is 0. The molecule has 1 heterocycles. The van der Waals surface area contributed by atoms with Crippen LogP contribution in [0.1, 0.15) is 10.4 Å². The number of hydrogen-bond acceptors (Lipinski definition) is 4. The third kappa shape index (κ3) is 4.60. The molecule has 2 N–H and O–H groups in total. The third-order valence-electron chi connectivity index (χ3n) is 2.39. The van der Waals surface area contributed by atoms with Gasteiger partial charge in [-0.3, -0.25) is 14.9 Å². The van der Waals surface area contributed by atoms with Crippen molar-refractivity contribution in [2.75, 3.05) is 11.9 Å². The summed E-state index contributed by atoms with van der Waals surface area (Å²) >= 11 is 3.26. The molecule has 0 fully saturated rings. The van der Waals surface area contributed by atoms with Gasteiger partial charge in [0.15, 0.2) is 5.82 Å². The number of anilines is 1. The number of rotatable bonds is 4. The fourth-order valence-electron chi connectivity index (χ4n) is 1.41. The molecule has 2 rings (SSSR count). The van der Waals surface area contributed by atoms with Gasteiger partial charge in [-0.15, -0.1) is 0 Å². The molecule has 6 nitrogen and oxygen atoms in total. The summed E-state index contributed by atoms with van der Waals surface area (Å²) in [6.07, 6.45) is 1.87. The Balaban J connectivity index is 1.84. The summed E-state index contributed by atoms with van der Waals surface area (Å²) in [6, 6.07) is 6.70. The van der Waals surface area contributed by atoms with Crippen molar-refractivity contribution in [2.45, 2.75) is 0 Å². The van der Waals surface area contributed by atoms with Crippen LogP contribution in [0, 0.1) is 5.82 Å². The molecule has 2 aromatic rings. The summed E-state index contributed by atoms with van der Waals surface area (Å²) in [5.41, 5.74) is 0.434. The molecule has 0 radical (unpaired) electrons. The van der Waals surface area contributed by atoms with Gasteiger partial charge in [-0.1, -0.05) is 15.9 Å². The monoisotopic (exact) mass is 352 g/mol. The van der Waals surface area contributed by atoms with Crippen molar-refractivity contribution in [3.8, 4) is 0 Å². The second-order valence-corrected chi connectivity index (χ2v) is 4.88. The van der Waals surface area contributed by atoms with E-state index >= 15 is 0 Å². The van der Waals surface area contributed by atoms with E-state index in [1.165, 1.54) is 0 Å². The fourth-order valence-corrected chi connectivity index (χ4v) is 1.67. The van der Waals surface area contributed by atoms with Gasteiger partial charge in [0.2, 0.25) is 11.9 Å². The van der Waals surface area contributed by atoms with Crippen LogP contribution in [0.5, 0.6) is 0 Å². The molecule has 1 aromatic carbocycles. The van der Waals surface area contributed by atoms with Crippen molar-refractivity contribution in [1.29, 1.82) is 0 Å². The normalized spacial score (nSPS) is 10.0. The maximum atomic E-state index is 12.6. The molecule has 1 aromatic heterocycles. The highest BCUT2D eigenvalue weighted by Gasteiger charge is 2.09. The van der Waals surface area contributed by atoms with Crippen LogP contribution in [-0.4, -0.2) is 28.3 Å². The maximum Gasteiger partial charge on any atom is 0.251 e. The van der Waals surface area contributed by atoms with Crippen molar-refractivity contribution in [3.63, 3.8) is 0 Å². The zero-order valence-electron chi connectivity index (χ0n) is 10.6. The van der Waals surface area contributed by atoms with Crippen LogP contribution < -0.4 is 10.6 Å². The second-order valence-electron chi connectivity index (χ2n) is 3.96. The number of amides is 2. The lowest BCUT2D eigenvalue weighted by Crippen LogP contribution is -2.33. The number of nitrogens with one attached hydrogen (secondary N) is 2. The Morgan fingerprint density at radius 2 is 1.76 bits per heavy atom. The van der Waals surface area contributed by atoms with E-state index in [-0.39, 0.29) is 18.4 Å². The molecule has 108 valence electrons. The predicted molar refractivity (Wildman–Crippen MR) is 77.1 cm³/mol. The maximum absolute atomic E-state index is 12.6. The molecule has 0 aliphatic rings. The average Bonchev–Trinajstić information content (AvgIpc) is 2.48. The van der Waals surface area contributed by atoms with Gasteiger partial charge in [0, 0.05) is 10.0 Å². The van der Waals surface area contributed by atoms with Crippen molar-refractivity contribution in [3.05, 3.63) is 52.5 Å². The summed E-state index contributed by atoms with van der Waals surface area (Å²) in [5.74, 6) is -1.51. The zero-order valence-corrected chi connectivity index (χ0v) is 12.2. The van der Waals surface area contributed by atoms with Gasteiger partial charge in [-0.25, -0.2) is 14.4 Å². The van der Waals surface area contributed by atoms with E-state index in [0.29, 0.717) is 5.56 Å². The lowest BCUT2D eigenvalue weighted by Gasteiger charge is -2.06. The number of carbonyl (C=O) groups excluding carboxylic acids is 2. The first kappa shape index (κ1) is 15.0. The summed E-state index contributed by atoms with van der Waals surface area (Å²) in [4.78, 5) is 30.5. The molecule has 0 spiro atoms. The first-order valence-corrected chi connectivity index (χ1v) is 6.65. The molecule has 0 saturated carbocycles. The van der Waals surface area contributed by atoms with Gasteiger partial charge in [-0.2, -0.15) is 0 Å². The lowest BCUT2D eigenvalue weighted by molar-refractivity contribution is -0.115. The third-order valence-corrected chi connectivity index (χ3v) is 2.92. The van der Waals surface area contributed by atoms with E-state index in [1.54, 1.807) is 24.3 Å². The average molecular weight is 353 g/mol. The Kier molecular flexibility index (Phi) is 4.94. The quantitative estimate of drug-likeness (QED) is 0.877. The highest BCUT2D eigenvalue weighted by Crippen LogP contribution is 2.10.